The Morgan fingerprint density at radius 2 is 1.93 bits per heavy atom. The smallest absolute Gasteiger partial charge is 0.136 e. The molecular formula is C11H14BrNO. The number of hydrogen-bond donors (Lipinski definition) is 1. The molecule has 0 aromatic heterocycles. The van der Waals surface area contributed by atoms with Crippen molar-refractivity contribution in [3.8, 4) is 5.75 Å². The maximum Gasteiger partial charge on any atom is 0.136 e. The summed E-state index contributed by atoms with van der Waals surface area (Å²) < 4.78 is 6.37. The first-order valence-corrected chi connectivity index (χ1v) is 5.67. The predicted octanol–water partition coefficient (Wildman–Crippen LogP) is 2.92. The monoisotopic (exact) mass is 255 g/mol. The average molecular weight is 256 g/mol. The van der Waals surface area contributed by atoms with E-state index in [1.54, 1.807) is 7.11 Å². The summed E-state index contributed by atoms with van der Waals surface area (Å²) in [5, 5.41) is 0. The Morgan fingerprint density at radius 1 is 1.29 bits per heavy atom. The summed E-state index contributed by atoms with van der Waals surface area (Å²) in [6.07, 6.45) is 4.65. The van der Waals surface area contributed by atoms with E-state index in [0.29, 0.717) is 0 Å². The van der Waals surface area contributed by atoms with Crippen LogP contribution in [0.3, 0.4) is 0 Å². The molecule has 0 heterocycles. The Balaban J connectivity index is 2.61. The molecule has 0 amide bonds. The standard InChI is InChI=1S/C11H14BrNO/c1-14-11-8-5-3-2-4-7(8)10(13)6-9(11)12/h6H,2-5,13H2,1H3. The first-order valence-electron chi connectivity index (χ1n) is 4.87. The second-order valence-corrected chi connectivity index (χ2v) is 4.50. The highest BCUT2D eigenvalue weighted by molar-refractivity contribution is 9.10. The van der Waals surface area contributed by atoms with Crippen LogP contribution in [-0.2, 0) is 12.8 Å². The summed E-state index contributed by atoms with van der Waals surface area (Å²) in [5.41, 5.74) is 9.46. The first kappa shape index (κ1) is 9.84. The van der Waals surface area contributed by atoms with Crippen molar-refractivity contribution < 1.29 is 4.74 Å². The molecule has 0 saturated heterocycles. The summed E-state index contributed by atoms with van der Waals surface area (Å²) in [5.74, 6) is 0.967. The van der Waals surface area contributed by atoms with E-state index in [4.69, 9.17) is 10.5 Å². The molecule has 0 aliphatic heterocycles. The number of benzene rings is 1. The van der Waals surface area contributed by atoms with Crippen molar-refractivity contribution in [3.63, 3.8) is 0 Å². The summed E-state index contributed by atoms with van der Waals surface area (Å²) in [6.45, 7) is 0. The van der Waals surface area contributed by atoms with E-state index < -0.39 is 0 Å². The molecule has 2 rings (SSSR count). The zero-order valence-electron chi connectivity index (χ0n) is 8.27. The number of rotatable bonds is 1. The summed E-state index contributed by atoms with van der Waals surface area (Å²) in [6, 6.07) is 1.95. The largest absolute Gasteiger partial charge is 0.495 e. The number of hydrogen-bond acceptors (Lipinski definition) is 2. The van der Waals surface area contributed by atoms with E-state index in [1.807, 2.05) is 6.07 Å². The third kappa shape index (κ3) is 1.50. The van der Waals surface area contributed by atoms with Gasteiger partial charge in [-0.25, -0.2) is 0 Å². The van der Waals surface area contributed by atoms with Gasteiger partial charge in [-0.15, -0.1) is 0 Å². The van der Waals surface area contributed by atoms with Crippen molar-refractivity contribution in [2.75, 3.05) is 12.8 Å². The molecule has 1 aliphatic carbocycles. The lowest BCUT2D eigenvalue weighted by atomic mass is 9.90. The lowest BCUT2D eigenvalue weighted by Crippen LogP contribution is -2.08. The fourth-order valence-corrected chi connectivity index (χ4v) is 2.78. The normalized spacial score (nSPS) is 15.0. The molecule has 0 spiro atoms. The minimum Gasteiger partial charge on any atom is -0.495 e. The van der Waals surface area contributed by atoms with Gasteiger partial charge in [-0.2, -0.15) is 0 Å². The molecule has 0 radical (unpaired) electrons. The van der Waals surface area contributed by atoms with E-state index >= 15 is 0 Å². The Bertz CT molecular complexity index is 343. The van der Waals surface area contributed by atoms with Gasteiger partial charge in [-0.1, -0.05) is 0 Å². The molecule has 1 aromatic rings. The van der Waals surface area contributed by atoms with Crippen LogP contribution in [0.5, 0.6) is 5.75 Å². The molecule has 2 N–H and O–H groups in total. The molecule has 3 heteroatoms. The van der Waals surface area contributed by atoms with Crippen LogP contribution in [0.25, 0.3) is 0 Å². The van der Waals surface area contributed by atoms with Crippen LogP contribution in [0.4, 0.5) is 5.69 Å². The Hall–Kier alpha value is -0.700. The van der Waals surface area contributed by atoms with Gasteiger partial charge < -0.3 is 10.5 Å². The molecule has 0 saturated carbocycles. The van der Waals surface area contributed by atoms with Crippen molar-refractivity contribution >= 4 is 21.6 Å². The van der Waals surface area contributed by atoms with Crippen molar-refractivity contribution in [2.45, 2.75) is 25.7 Å². The molecule has 1 aromatic carbocycles. The van der Waals surface area contributed by atoms with Crippen molar-refractivity contribution in [3.05, 3.63) is 21.7 Å². The minimum atomic E-state index is 0.896. The molecule has 2 nitrogen and oxygen atoms in total. The van der Waals surface area contributed by atoms with E-state index in [1.165, 1.54) is 24.0 Å². The lowest BCUT2D eigenvalue weighted by Gasteiger charge is -2.21. The summed E-state index contributed by atoms with van der Waals surface area (Å²) in [7, 11) is 1.71. The van der Waals surface area contributed by atoms with Crippen molar-refractivity contribution in [1.29, 1.82) is 0 Å². The van der Waals surface area contributed by atoms with Crippen LogP contribution in [0.2, 0.25) is 0 Å². The van der Waals surface area contributed by atoms with Gasteiger partial charge >= 0.3 is 0 Å². The number of nitrogens with two attached hydrogens (primary N) is 1. The van der Waals surface area contributed by atoms with Crippen LogP contribution in [0.1, 0.15) is 24.0 Å². The topological polar surface area (TPSA) is 35.2 Å². The van der Waals surface area contributed by atoms with Crippen LogP contribution in [-0.4, -0.2) is 7.11 Å². The van der Waals surface area contributed by atoms with Gasteiger partial charge in [0.2, 0.25) is 0 Å². The fraction of sp³-hybridized carbons (Fsp3) is 0.455. The van der Waals surface area contributed by atoms with Gasteiger partial charge in [0.05, 0.1) is 11.6 Å². The predicted molar refractivity (Wildman–Crippen MR) is 61.7 cm³/mol. The van der Waals surface area contributed by atoms with Gasteiger partial charge in [-0.05, 0) is 53.2 Å². The zero-order valence-corrected chi connectivity index (χ0v) is 9.86. The highest BCUT2D eigenvalue weighted by Crippen LogP contribution is 2.39. The van der Waals surface area contributed by atoms with Crippen LogP contribution >= 0.6 is 15.9 Å². The summed E-state index contributed by atoms with van der Waals surface area (Å²) in [4.78, 5) is 0. The molecule has 0 atom stereocenters. The second kappa shape index (κ2) is 3.81. The Labute approximate surface area is 92.6 Å². The minimum absolute atomic E-state index is 0.896. The average Bonchev–Trinajstić information content (AvgIpc) is 2.18. The highest BCUT2D eigenvalue weighted by Gasteiger charge is 2.18. The molecule has 1 aliphatic rings. The molecular weight excluding hydrogens is 242 g/mol. The maximum atomic E-state index is 5.98. The fourth-order valence-electron chi connectivity index (χ4n) is 2.13. The number of ether oxygens (including phenoxy) is 1. The number of nitrogen functional groups attached to an aromatic ring is 1. The van der Waals surface area contributed by atoms with E-state index in [2.05, 4.69) is 15.9 Å². The lowest BCUT2D eigenvalue weighted by molar-refractivity contribution is 0.403. The van der Waals surface area contributed by atoms with Crippen molar-refractivity contribution in [2.24, 2.45) is 0 Å². The Kier molecular flexibility index (Phi) is 2.68. The molecule has 0 unspecified atom stereocenters. The van der Waals surface area contributed by atoms with Crippen molar-refractivity contribution in [1.82, 2.24) is 0 Å². The quantitative estimate of drug-likeness (QED) is 0.784. The van der Waals surface area contributed by atoms with Crippen LogP contribution in [0.15, 0.2) is 10.5 Å². The van der Waals surface area contributed by atoms with Gasteiger partial charge in [0.25, 0.3) is 0 Å². The number of fused-ring (bicyclic) bond motifs is 1. The highest BCUT2D eigenvalue weighted by atomic mass is 79.9. The summed E-state index contributed by atoms with van der Waals surface area (Å²) >= 11 is 3.48. The van der Waals surface area contributed by atoms with Gasteiger partial charge in [0.15, 0.2) is 0 Å². The Morgan fingerprint density at radius 3 is 2.57 bits per heavy atom. The third-order valence-electron chi connectivity index (χ3n) is 2.79. The molecule has 0 fully saturated rings. The van der Waals surface area contributed by atoms with E-state index in [0.717, 1.165) is 28.8 Å². The SMILES string of the molecule is COc1c(Br)cc(N)c2c1CCCC2. The van der Waals surface area contributed by atoms with Gasteiger partial charge in [0, 0.05) is 11.3 Å². The molecule has 14 heavy (non-hydrogen) atoms. The number of anilines is 1. The molecule has 0 bridgehead atoms. The van der Waals surface area contributed by atoms with E-state index in [9.17, 15) is 0 Å². The maximum absolute atomic E-state index is 5.98. The zero-order chi connectivity index (χ0) is 10.1. The molecule has 76 valence electrons. The number of halogens is 1. The van der Waals surface area contributed by atoms with Crippen LogP contribution in [0, 0.1) is 0 Å². The third-order valence-corrected chi connectivity index (χ3v) is 3.38. The first-order chi connectivity index (χ1) is 6.74. The van der Waals surface area contributed by atoms with E-state index in [-0.39, 0.29) is 0 Å². The van der Waals surface area contributed by atoms with Gasteiger partial charge in [0.1, 0.15) is 5.75 Å². The number of methoxy groups -OCH3 is 1. The second-order valence-electron chi connectivity index (χ2n) is 3.65. The van der Waals surface area contributed by atoms with Gasteiger partial charge in [-0.3, -0.25) is 0 Å². The van der Waals surface area contributed by atoms with Crippen LogP contribution < -0.4 is 10.5 Å².